The Balaban J connectivity index is 1.86. The summed E-state index contributed by atoms with van der Waals surface area (Å²) in [5.41, 5.74) is 2.92. The van der Waals surface area contributed by atoms with Crippen LogP contribution in [-0.2, 0) is 4.79 Å². The normalized spacial score (nSPS) is 13.6. The molecule has 0 aliphatic carbocycles. The zero-order chi connectivity index (χ0) is 13.1. The molecule has 0 saturated carbocycles. The van der Waals surface area contributed by atoms with Crippen LogP contribution < -0.4 is 0 Å². The van der Waals surface area contributed by atoms with Crippen LogP contribution in [0.3, 0.4) is 0 Å². The van der Waals surface area contributed by atoms with Gasteiger partial charge >= 0.3 is 0 Å². The summed E-state index contributed by atoms with van der Waals surface area (Å²) in [5.74, 6) is 0.332. The number of hydrogen-bond donors (Lipinski definition) is 0. The maximum Gasteiger partial charge on any atom is 0.222 e. The predicted octanol–water partition coefficient (Wildman–Crippen LogP) is 2.50. The van der Waals surface area contributed by atoms with Gasteiger partial charge in [-0.2, -0.15) is 0 Å². The van der Waals surface area contributed by atoms with Gasteiger partial charge < -0.3 is 4.90 Å². The van der Waals surface area contributed by atoms with Crippen molar-refractivity contribution in [1.29, 1.82) is 0 Å². The molecular weight excluding hydrogens is 226 g/mol. The Labute approximate surface area is 108 Å². The molecule has 1 aromatic carbocycles. The molecule has 0 bridgehead atoms. The average molecular weight is 245 g/mol. The number of aryl methyl sites for hydroxylation is 2. The van der Waals surface area contributed by atoms with E-state index in [4.69, 9.17) is 0 Å². The van der Waals surface area contributed by atoms with Gasteiger partial charge in [-0.3, -0.25) is 9.59 Å². The van der Waals surface area contributed by atoms with Crippen molar-refractivity contribution in [3.05, 3.63) is 34.9 Å². The monoisotopic (exact) mass is 245 g/mol. The summed E-state index contributed by atoms with van der Waals surface area (Å²) in [6.45, 7) is 5.72. The van der Waals surface area contributed by atoms with E-state index < -0.39 is 0 Å². The molecule has 2 rings (SSSR count). The third-order valence-electron chi connectivity index (χ3n) is 3.29. The summed E-state index contributed by atoms with van der Waals surface area (Å²) in [4.78, 5) is 25.3. The van der Waals surface area contributed by atoms with E-state index in [9.17, 15) is 9.59 Å². The van der Waals surface area contributed by atoms with E-state index >= 15 is 0 Å². The van der Waals surface area contributed by atoms with E-state index in [1.807, 2.05) is 36.9 Å². The van der Waals surface area contributed by atoms with Crippen LogP contribution in [0.2, 0.25) is 0 Å². The molecular formula is C15H19NO2. The van der Waals surface area contributed by atoms with E-state index in [0.717, 1.165) is 29.8 Å². The van der Waals surface area contributed by atoms with Crippen LogP contribution in [0.15, 0.2) is 18.2 Å². The second-order valence-electron chi connectivity index (χ2n) is 4.98. The number of rotatable bonds is 5. The Bertz CT molecular complexity index is 475. The highest BCUT2D eigenvalue weighted by Gasteiger charge is 2.23. The average Bonchev–Trinajstić information content (AvgIpc) is 3.16. The maximum atomic E-state index is 12.1. The van der Waals surface area contributed by atoms with Crippen molar-refractivity contribution in [1.82, 2.24) is 4.90 Å². The summed E-state index contributed by atoms with van der Waals surface area (Å²) in [7, 11) is 0. The van der Waals surface area contributed by atoms with Gasteiger partial charge in [-0.15, -0.1) is 0 Å². The Hall–Kier alpha value is -1.64. The molecule has 1 saturated heterocycles. The Morgan fingerprint density at radius 2 is 1.89 bits per heavy atom. The molecule has 18 heavy (non-hydrogen) atoms. The van der Waals surface area contributed by atoms with Gasteiger partial charge in [0.05, 0.1) is 0 Å². The van der Waals surface area contributed by atoms with E-state index in [1.54, 1.807) is 0 Å². The van der Waals surface area contributed by atoms with Crippen molar-refractivity contribution in [2.24, 2.45) is 0 Å². The van der Waals surface area contributed by atoms with Crippen LogP contribution in [0, 0.1) is 13.8 Å². The molecule has 1 fully saturated rings. The number of carbonyl (C=O) groups is 2. The minimum atomic E-state index is 0.148. The number of hydrogen-bond acceptors (Lipinski definition) is 2. The van der Waals surface area contributed by atoms with Crippen LogP contribution in [0.4, 0.5) is 0 Å². The fourth-order valence-electron chi connectivity index (χ4n) is 2.03. The van der Waals surface area contributed by atoms with E-state index in [0.29, 0.717) is 19.3 Å². The Morgan fingerprint density at radius 1 is 1.17 bits per heavy atom. The van der Waals surface area contributed by atoms with Crippen LogP contribution in [0.1, 0.15) is 40.7 Å². The van der Waals surface area contributed by atoms with Gasteiger partial charge in [0.25, 0.3) is 0 Å². The minimum absolute atomic E-state index is 0.148. The lowest BCUT2D eigenvalue weighted by molar-refractivity contribution is -0.125. The fraction of sp³-hybridized carbons (Fsp3) is 0.467. The highest BCUT2D eigenvalue weighted by atomic mass is 16.2. The van der Waals surface area contributed by atoms with E-state index in [-0.39, 0.29) is 11.7 Å². The summed E-state index contributed by atoms with van der Waals surface area (Å²) in [5, 5.41) is 0. The first-order valence-electron chi connectivity index (χ1n) is 6.46. The highest BCUT2D eigenvalue weighted by molar-refractivity contribution is 5.97. The molecule has 3 nitrogen and oxygen atoms in total. The second-order valence-corrected chi connectivity index (χ2v) is 4.98. The van der Waals surface area contributed by atoms with Gasteiger partial charge in [0.15, 0.2) is 5.78 Å². The minimum Gasteiger partial charge on any atom is -0.339 e. The molecule has 96 valence electrons. The molecule has 0 radical (unpaired) electrons. The van der Waals surface area contributed by atoms with E-state index in [2.05, 4.69) is 0 Å². The number of Topliss-reactive ketones (excluding diaryl/α,β-unsaturated/α-hetero) is 1. The molecule has 0 N–H and O–H groups in total. The molecule has 1 aromatic rings. The zero-order valence-corrected chi connectivity index (χ0v) is 11.0. The van der Waals surface area contributed by atoms with Gasteiger partial charge in [0, 0.05) is 31.5 Å². The van der Waals surface area contributed by atoms with Crippen molar-refractivity contribution >= 4 is 11.7 Å². The molecule has 0 aromatic heterocycles. The smallest absolute Gasteiger partial charge is 0.222 e. The molecule has 0 unspecified atom stereocenters. The van der Waals surface area contributed by atoms with Gasteiger partial charge in [-0.25, -0.2) is 0 Å². The van der Waals surface area contributed by atoms with Crippen molar-refractivity contribution in [2.75, 3.05) is 13.1 Å². The van der Waals surface area contributed by atoms with Gasteiger partial charge in [0.2, 0.25) is 5.91 Å². The number of ketones is 1. The number of amides is 1. The first-order chi connectivity index (χ1) is 8.58. The topological polar surface area (TPSA) is 37.1 Å². The van der Waals surface area contributed by atoms with Gasteiger partial charge in [-0.1, -0.05) is 17.7 Å². The number of carbonyl (C=O) groups excluding carboxylic acids is 2. The summed E-state index contributed by atoms with van der Waals surface area (Å²) in [6.07, 6.45) is 1.61. The third-order valence-corrected chi connectivity index (χ3v) is 3.29. The molecule has 0 atom stereocenters. The predicted molar refractivity (Wildman–Crippen MR) is 70.7 cm³/mol. The third kappa shape index (κ3) is 3.19. The summed E-state index contributed by atoms with van der Waals surface area (Å²) >= 11 is 0. The maximum absolute atomic E-state index is 12.1. The van der Waals surface area contributed by atoms with E-state index in [1.165, 1.54) is 0 Å². The van der Waals surface area contributed by atoms with Crippen LogP contribution in [0.5, 0.6) is 0 Å². The lowest BCUT2D eigenvalue weighted by Gasteiger charge is -2.06. The lowest BCUT2D eigenvalue weighted by Crippen LogP contribution is -2.11. The SMILES string of the molecule is Cc1ccc(C)c(C(=O)CCCC(=O)N2CC2)c1. The molecule has 1 amide bonds. The fourth-order valence-corrected chi connectivity index (χ4v) is 2.03. The van der Waals surface area contributed by atoms with Gasteiger partial charge in [-0.05, 0) is 31.9 Å². The van der Waals surface area contributed by atoms with Crippen LogP contribution >= 0.6 is 0 Å². The molecule has 0 spiro atoms. The van der Waals surface area contributed by atoms with Gasteiger partial charge in [0.1, 0.15) is 0 Å². The summed E-state index contributed by atoms with van der Waals surface area (Å²) < 4.78 is 0. The molecule has 1 aliphatic heterocycles. The van der Waals surface area contributed by atoms with Crippen molar-refractivity contribution in [2.45, 2.75) is 33.1 Å². The number of benzene rings is 1. The van der Waals surface area contributed by atoms with Crippen molar-refractivity contribution in [3.8, 4) is 0 Å². The highest BCUT2D eigenvalue weighted by Crippen LogP contribution is 2.15. The summed E-state index contributed by atoms with van der Waals surface area (Å²) in [6, 6.07) is 5.92. The Morgan fingerprint density at radius 3 is 2.56 bits per heavy atom. The first-order valence-corrected chi connectivity index (χ1v) is 6.46. The standard InChI is InChI=1S/C15H19NO2/c1-11-6-7-12(2)13(10-11)14(17)4-3-5-15(18)16-8-9-16/h6-7,10H,3-5,8-9H2,1-2H3. The second kappa shape index (κ2) is 5.34. The first kappa shape index (κ1) is 12.8. The van der Waals surface area contributed by atoms with Crippen molar-refractivity contribution < 1.29 is 9.59 Å². The largest absolute Gasteiger partial charge is 0.339 e. The van der Waals surface area contributed by atoms with Crippen LogP contribution in [-0.4, -0.2) is 29.7 Å². The molecule has 1 aliphatic rings. The molecule has 1 heterocycles. The van der Waals surface area contributed by atoms with Crippen molar-refractivity contribution in [3.63, 3.8) is 0 Å². The van der Waals surface area contributed by atoms with Crippen LogP contribution in [0.25, 0.3) is 0 Å². The lowest BCUT2D eigenvalue weighted by atomic mass is 9.99. The number of nitrogens with zero attached hydrogens (tertiary/aromatic N) is 1. The molecule has 3 heteroatoms. The quantitative estimate of drug-likeness (QED) is 0.590. The Kier molecular flexibility index (Phi) is 3.80. The zero-order valence-electron chi connectivity index (χ0n) is 11.0.